The summed E-state index contributed by atoms with van der Waals surface area (Å²) in [6.07, 6.45) is 4.76. The molecule has 1 amide bonds. The minimum Gasteiger partial charge on any atom is -0.361 e. The Morgan fingerprint density at radius 2 is 1.81 bits per heavy atom. The van der Waals surface area contributed by atoms with Crippen molar-refractivity contribution < 1.29 is 4.79 Å². The van der Waals surface area contributed by atoms with Crippen LogP contribution < -0.4 is 5.56 Å². The zero-order valence-electron chi connectivity index (χ0n) is 20.9. The molecule has 5 aromatic rings. The molecule has 0 spiro atoms. The van der Waals surface area contributed by atoms with Crippen molar-refractivity contribution in [3.05, 3.63) is 76.6 Å². The number of H-pyrrole nitrogens is 1. The molecule has 8 nitrogen and oxygen atoms in total. The number of benzene rings is 2. The molecule has 1 saturated heterocycles. The van der Waals surface area contributed by atoms with Crippen LogP contribution >= 0.6 is 0 Å². The number of amides is 1. The maximum atomic E-state index is 13.9. The van der Waals surface area contributed by atoms with Crippen molar-refractivity contribution in [3.63, 3.8) is 0 Å². The summed E-state index contributed by atoms with van der Waals surface area (Å²) in [6, 6.07) is 16.4. The Morgan fingerprint density at radius 3 is 2.59 bits per heavy atom. The van der Waals surface area contributed by atoms with Crippen molar-refractivity contribution in [1.29, 1.82) is 0 Å². The Kier molecular flexibility index (Phi) is 4.86. The number of fused-ring (bicyclic) bond motifs is 2. The molecule has 1 N–H and O–H groups in total. The molecule has 1 aliphatic carbocycles. The number of nitrogens with one attached hydrogen (secondary N) is 1. The van der Waals surface area contributed by atoms with E-state index in [9.17, 15) is 9.59 Å². The van der Waals surface area contributed by atoms with Crippen LogP contribution in [-0.2, 0) is 11.8 Å². The van der Waals surface area contributed by atoms with Gasteiger partial charge in [-0.3, -0.25) is 14.2 Å². The summed E-state index contributed by atoms with van der Waals surface area (Å²) in [4.78, 5) is 36.5. The number of carbonyl (C=O) groups excluding carboxylic acids is 1. The van der Waals surface area contributed by atoms with Crippen LogP contribution in [0.4, 0.5) is 0 Å². The molecular formula is C29H28N6O2. The fraction of sp³-hybridized carbons (Fsp3) is 0.310. The van der Waals surface area contributed by atoms with E-state index in [1.807, 2.05) is 49.3 Å². The highest BCUT2D eigenvalue weighted by Crippen LogP contribution is 2.36. The third-order valence-electron chi connectivity index (χ3n) is 7.88. The lowest BCUT2D eigenvalue weighted by Gasteiger charge is -2.15. The second kappa shape index (κ2) is 8.16. The van der Waals surface area contributed by atoms with Gasteiger partial charge in [0.15, 0.2) is 5.65 Å². The zero-order chi connectivity index (χ0) is 25.3. The van der Waals surface area contributed by atoms with Gasteiger partial charge in [0, 0.05) is 43.7 Å². The first kappa shape index (κ1) is 22.0. The smallest absolute Gasteiger partial charge is 0.269 e. The average Bonchev–Trinajstić information content (AvgIpc) is 3.30. The molecule has 0 radical (unpaired) electrons. The van der Waals surface area contributed by atoms with Crippen LogP contribution in [0.3, 0.4) is 0 Å². The van der Waals surface area contributed by atoms with Crippen molar-refractivity contribution in [3.8, 4) is 16.8 Å². The first-order chi connectivity index (χ1) is 18.0. The fourth-order valence-corrected chi connectivity index (χ4v) is 5.72. The second-order valence-corrected chi connectivity index (χ2v) is 10.4. The highest BCUT2D eigenvalue weighted by molar-refractivity contribution is 5.85. The molecule has 37 heavy (non-hydrogen) atoms. The molecule has 1 atom stereocenters. The van der Waals surface area contributed by atoms with E-state index in [1.54, 1.807) is 9.25 Å². The molecule has 4 heterocycles. The first-order valence-corrected chi connectivity index (χ1v) is 12.9. The maximum Gasteiger partial charge on any atom is 0.269 e. The first-order valence-electron chi connectivity index (χ1n) is 12.9. The molecule has 186 valence electrons. The van der Waals surface area contributed by atoms with Crippen molar-refractivity contribution in [1.82, 2.24) is 29.2 Å². The summed E-state index contributed by atoms with van der Waals surface area (Å²) in [5, 5.41) is 6.47. The number of likely N-dealkylation sites (tertiary alicyclic amines) is 1. The SMILES string of the molecule is Cc1nc2c(c(C3CCN(C(=O)C4CC4)C3)nn2C)c(=O)n1-c1ccc(-c2ccc3cc[nH]c3c2)cc1. The van der Waals surface area contributed by atoms with E-state index in [1.165, 1.54) is 5.39 Å². The average molecular weight is 493 g/mol. The maximum absolute atomic E-state index is 13.9. The van der Waals surface area contributed by atoms with Crippen molar-refractivity contribution >= 4 is 27.8 Å². The summed E-state index contributed by atoms with van der Waals surface area (Å²) < 4.78 is 3.38. The van der Waals surface area contributed by atoms with E-state index in [0.717, 1.165) is 53.8 Å². The van der Waals surface area contributed by atoms with Crippen LogP contribution in [0, 0.1) is 12.8 Å². The van der Waals surface area contributed by atoms with Crippen LogP contribution in [0.5, 0.6) is 0 Å². The number of aromatic nitrogens is 5. The number of rotatable bonds is 4. The lowest BCUT2D eigenvalue weighted by Crippen LogP contribution is -2.29. The number of aromatic amines is 1. The molecular weight excluding hydrogens is 464 g/mol. The van der Waals surface area contributed by atoms with Crippen molar-refractivity contribution in [2.45, 2.75) is 32.1 Å². The topological polar surface area (TPSA) is 88.8 Å². The fourth-order valence-electron chi connectivity index (χ4n) is 5.72. The molecule has 2 fully saturated rings. The van der Waals surface area contributed by atoms with Crippen LogP contribution in [0.15, 0.2) is 59.5 Å². The van der Waals surface area contributed by atoms with Gasteiger partial charge in [-0.2, -0.15) is 5.10 Å². The van der Waals surface area contributed by atoms with Crippen LogP contribution in [-0.4, -0.2) is 48.2 Å². The largest absolute Gasteiger partial charge is 0.361 e. The standard InChI is InChI=1S/C29H28N6O2/c1-17-31-27-25(26(32-33(27)2)22-12-14-34(16-22)28(36)20-4-5-20)29(37)35(17)23-9-7-18(8-10-23)21-6-3-19-11-13-30-24(19)15-21/h3,6-11,13,15,20,22,30H,4-5,12,14,16H2,1-2H3. The number of aryl methyl sites for hydroxylation is 2. The van der Waals surface area contributed by atoms with Gasteiger partial charge in [-0.1, -0.05) is 24.3 Å². The number of nitrogens with zero attached hydrogens (tertiary/aromatic N) is 5. The minimum atomic E-state index is -0.113. The van der Waals surface area contributed by atoms with Gasteiger partial charge in [0.05, 0.1) is 11.4 Å². The summed E-state index contributed by atoms with van der Waals surface area (Å²) in [6.45, 7) is 3.20. The lowest BCUT2D eigenvalue weighted by molar-refractivity contribution is -0.131. The Morgan fingerprint density at radius 1 is 1.03 bits per heavy atom. The Hall–Kier alpha value is -4.20. The van der Waals surface area contributed by atoms with E-state index in [4.69, 9.17) is 10.1 Å². The molecule has 3 aromatic heterocycles. The number of hydrogen-bond acceptors (Lipinski definition) is 4. The Balaban J connectivity index is 1.26. The molecule has 1 saturated carbocycles. The molecule has 1 unspecified atom stereocenters. The summed E-state index contributed by atoms with van der Waals surface area (Å²) in [5.41, 5.74) is 5.29. The number of carbonyl (C=O) groups is 1. The Bertz CT molecular complexity index is 1740. The summed E-state index contributed by atoms with van der Waals surface area (Å²) >= 11 is 0. The van der Waals surface area contributed by atoms with Gasteiger partial charge in [-0.15, -0.1) is 0 Å². The molecule has 7 rings (SSSR count). The highest BCUT2D eigenvalue weighted by atomic mass is 16.2. The zero-order valence-corrected chi connectivity index (χ0v) is 20.9. The van der Waals surface area contributed by atoms with Crippen LogP contribution in [0.2, 0.25) is 0 Å². The van der Waals surface area contributed by atoms with E-state index in [-0.39, 0.29) is 23.3 Å². The quantitative estimate of drug-likeness (QED) is 0.405. The summed E-state index contributed by atoms with van der Waals surface area (Å²) in [5.74, 6) is 1.12. The third kappa shape index (κ3) is 3.58. The van der Waals surface area contributed by atoms with E-state index in [2.05, 4.69) is 29.2 Å². The van der Waals surface area contributed by atoms with Gasteiger partial charge in [-0.05, 0) is 67.0 Å². The van der Waals surface area contributed by atoms with Gasteiger partial charge in [0.25, 0.3) is 5.56 Å². The van der Waals surface area contributed by atoms with Crippen LogP contribution in [0.1, 0.15) is 36.7 Å². The highest BCUT2D eigenvalue weighted by Gasteiger charge is 2.38. The lowest BCUT2D eigenvalue weighted by atomic mass is 10.0. The van der Waals surface area contributed by atoms with Gasteiger partial charge >= 0.3 is 0 Å². The predicted octanol–water partition coefficient (Wildman–Crippen LogP) is 4.30. The predicted molar refractivity (Wildman–Crippen MR) is 143 cm³/mol. The third-order valence-corrected chi connectivity index (χ3v) is 7.88. The van der Waals surface area contributed by atoms with E-state index >= 15 is 0 Å². The van der Waals surface area contributed by atoms with Crippen molar-refractivity contribution in [2.24, 2.45) is 13.0 Å². The van der Waals surface area contributed by atoms with Gasteiger partial charge in [0.1, 0.15) is 11.2 Å². The minimum absolute atomic E-state index is 0.0438. The Labute approximate surface area is 213 Å². The molecule has 8 heteroatoms. The second-order valence-electron chi connectivity index (χ2n) is 10.4. The molecule has 2 aromatic carbocycles. The molecule has 1 aliphatic heterocycles. The van der Waals surface area contributed by atoms with E-state index < -0.39 is 0 Å². The van der Waals surface area contributed by atoms with Gasteiger partial charge in [0.2, 0.25) is 5.91 Å². The normalized spacial score (nSPS) is 17.8. The molecule has 2 aliphatic rings. The van der Waals surface area contributed by atoms with Crippen molar-refractivity contribution in [2.75, 3.05) is 13.1 Å². The van der Waals surface area contributed by atoms with E-state index in [0.29, 0.717) is 23.4 Å². The van der Waals surface area contributed by atoms with Gasteiger partial charge < -0.3 is 9.88 Å². The van der Waals surface area contributed by atoms with Crippen LogP contribution in [0.25, 0.3) is 38.8 Å². The number of hydrogen-bond donors (Lipinski definition) is 1. The monoisotopic (exact) mass is 492 g/mol. The van der Waals surface area contributed by atoms with Gasteiger partial charge in [-0.25, -0.2) is 9.67 Å². The summed E-state index contributed by atoms with van der Waals surface area (Å²) in [7, 11) is 1.83. The molecule has 0 bridgehead atoms.